The van der Waals surface area contributed by atoms with E-state index in [9.17, 15) is 15.2 Å². The van der Waals surface area contributed by atoms with Gasteiger partial charge >= 0.3 is 5.97 Å². The largest absolute Gasteiger partial charge is 0.507 e. The quantitative estimate of drug-likeness (QED) is 0.712. The molecule has 1 radical (unpaired) electrons. The minimum absolute atomic E-state index is 0. The summed E-state index contributed by atoms with van der Waals surface area (Å²) in [7, 11) is 0. The number of hydrogen-bond donors (Lipinski definition) is 2. The van der Waals surface area contributed by atoms with Crippen LogP contribution in [0.2, 0.25) is 0 Å². The Labute approximate surface area is 148 Å². The van der Waals surface area contributed by atoms with Gasteiger partial charge in [-0.1, -0.05) is 18.2 Å². The molecule has 0 saturated heterocycles. The number of carbonyl (C=O) groups is 1. The van der Waals surface area contributed by atoms with E-state index in [0.29, 0.717) is 11.3 Å². The molecule has 5 nitrogen and oxygen atoms in total. The van der Waals surface area contributed by atoms with E-state index < -0.39 is 5.97 Å². The van der Waals surface area contributed by atoms with Crippen LogP contribution >= 0.6 is 0 Å². The number of carboxylic acids is 1. The van der Waals surface area contributed by atoms with E-state index in [1.54, 1.807) is 16.8 Å². The third-order valence-corrected chi connectivity index (χ3v) is 3.32. The van der Waals surface area contributed by atoms with Crippen molar-refractivity contribution >= 4 is 46.4 Å². The Bertz CT molecular complexity index is 909. The minimum Gasteiger partial charge on any atom is -0.507 e. The van der Waals surface area contributed by atoms with Gasteiger partial charge in [0.25, 0.3) is 0 Å². The molecular weight excluding hydrogens is 291 g/mol. The smallest absolute Gasteiger partial charge is 0.339 e. The first kappa shape index (κ1) is 16.1. The summed E-state index contributed by atoms with van der Waals surface area (Å²) in [5, 5.41) is 28.7. The molecule has 0 saturated carbocycles. The summed E-state index contributed by atoms with van der Waals surface area (Å²) >= 11 is 0. The van der Waals surface area contributed by atoms with E-state index in [1.165, 1.54) is 12.1 Å². The Morgan fingerprint density at radius 2 is 1.91 bits per heavy atom. The molecule has 0 unspecified atom stereocenters. The summed E-state index contributed by atoms with van der Waals surface area (Å²) in [6.07, 6.45) is 1.67. The van der Waals surface area contributed by atoms with Crippen molar-refractivity contribution in [3.8, 4) is 17.5 Å². The SMILES string of the molecule is N#Cc1cn(-c2ccc(C(=O)O)c(O)c2)c2ccccc12.[Na]. The Morgan fingerprint density at radius 1 is 1.18 bits per heavy atom. The van der Waals surface area contributed by atoms with Gasteiger partial charge in [0.2, 0.25) is 0 Å². The molecular formula is C16H10N2NaO3. The molecule has 103 valence electrons. The number of rotatable bonds is 2. The van der Waals surface area contributed by atoms with Gasteiger partial charge in [-0.05, 0) is 18.2 Å². The van der Waals surface area contributed by atoms with Gasteiger partial charge in [0.05, 0.1) is 11.1 Å². The maximum atomic E-state index is 10.9. The average molecular weight is 301 g/mol. The van der Waals surface area contributed by atoms with Crippen LogP contribution in [0.25, 0.3) is 16.6 Å². The first-order chi connectivity index (χ1) is 10.1. The molecule has 22 heavy (non-hydrogen) atoms. The normalized spacial score (nSPS) is 9.95. The Balaban J connectivity index is 0.00000176. The van der Waals surface area contributed by atoms with Crippen molar-refractivity contribution in [2.45, 2.75) is 0 Å². The Kier molecular flexibility index (Phi) is 4.57. The molecule has 6 heteroatoms. The minimum atomic E-state index is -1.19. The number of aromatic nitrogens is 1. The Hall–Kier alpha value is -2.26. The molecule has 0 spiro atoms. The molecule has 0 aliphatic rings. The summed E-state index contributed by atoms with van der Waals surface area (Å²) in [4.78, 5) is 10.9. The van der Waals surface area contributed by atoms with Crippen LogP contribution in [-0.2, 0) is 0 Å². The van der Waals surface area contributed by atoms with Crippen LogP contribution in [0, 0.1) is 11.3 Å². The predicted octanol–water partition coefficient (Wildman–Crippen LogP) is 2.53. The standard InChI is InChI=1S/C16H10N2O3.Na/c17-8-10-9-18(14-4-2-1-3-12(10)14)11-5-6-13(16(20)21)15(19)7-11;/h1-7,9,19H,(H,20,21);. The van der Waals surface area contributed by atoms with E-state index in [0.717, 1.165) is 10.9 Å². The van der Waals surface area contributed by atoms with E-state index in [2.05, 4.69) is 6.07 Å². The van der Waals surface area contributed by atoms with Gasteiger partial charge in [-0.25, -0.2) is 4.79 Å². The zero-order valence-corrected chi connectivity index (χ0v) is 13.8. The van der Waals surface area contributed by atoms with Crippen molar-refractivity contribution in [2.24, 2.45) is 0 Å². The van der Waals surface area contributed by atoms with Crippen molar-refractivity contribution in [1.82, 2.24) is 4.57 Å². The monoisotopic (exact) mass is 301 g/mol. The maximum Gasteiger partial charge on any atom is 0.339 e. The predicted molar refractivity (Wildman–Crippen MR) is 82.4 cm³/mol. The molecule has 0 aliphatic carbocycles. The second kappa shape index (κ2) is 6.24. The van der Waals surface area contributed by atoms with Crippen LogP contribution in [0.3, 0.4) is 0 Å². The zero-order valence-electron chi connectivity index (χ0n) is 11.8. The second-order valence-corrected chi connectivity index (χ2v) is 4.55. The molecule has 0 atom stereocenters. The third-order valence-electron chi connectivity index (χ3n) is 3.32. The summed E-state index contributed by atoms with van der Waals surface area (Å²) in [6.45, 7) is 0. The average Bonchev–Trinajstić information content (AvgIpc) is 2.85. The van der Waals surface area contributed by atoms with Crippen LogP contribution in [0.15, 0.2) is 48.7 Å². The van der Waals surface area contributed by atoms with E-state index in [-0.39, 0.29) is 40.9 Å². The summed E-state index contributed by atoms with van der Waals surface area (Å²) in [5.41, 5.74) is 1.77. The summed E-state index contributed by atoms with van der Waals surface area (Å²) in [5.74, 6) is -1.49. The van der Waals surface area contributed by atoms with Gasteiger partial charge in [-0.2, -0.15) is 5.26 Å². The number of para-hydroxylation sites is 1. The van der Waals surface area contributed by atoms with Crippen LogP contribution in [0.1, 0.15) is 15.9 Å². The van der Waals surface area contributed by atoms with E-state index in [1.807, 2.05) is 24.3 Å². The number of benzene rings is 2. The summed E-state index contributed by atoms with van der Waals surface area (Å²) < 4.78 is 1.75. The Morgan fingerprint density at radius 3 is 2.55 bits per heavy atom. The number of aromatic carboxylic acids is 1. The molecule has 2 N–H and O–H groups in total. The van der Waals surface area contributed by atoms with E-state index >= 15 is 0 Å². The van der Waals surface area contributed by atoms with Crippen molar-refractivity contribution in [2.75, 3.05) is 0 Å². The number of hydrogen-bond acceptors (Lipinski definition) is 3. The van der Waals surface area contributed by atoms with Crippen LogP contribution in [0.5, 0.6) is 5.75 Å². The zero-order chi connectivity index (χ0) is 15.0. The number of nitriles is 1. The number of aromatic hydroxyl groups is 1. The summed E-state index contributed by atoms with van der Waals surface area (Å²) in [6, 6.07) is 13.8. The second-order valence-electron chi connectivity index (χ2n) is 4.55. The maximum absolute atomic E-state index is 10.9. The molecule has 2 aromatic carbocycles. The molecule has 1 aromatic heterocycles. The molecule has 1 heterocycles. The van der Waals surface area contributed by atoms with E-state index in [4.69, 9.17) is 5.11 Å². The molecule has 0 fully saturated rings. The third kappa shape index (κ3) is 2.60. The fourth-order valence-corrected chi connectivity index (χ4v) is 2.33. The van der Waals surface area contributed by atoms with Crippen LogP contribution < -0.4 is 0 Å². The number of nitrogens with zero attached hydrogens (tertiary/aromatic N) is 2. The van der Waals surface area contributed by atoms with Gasteiger partial charge in [0.15, 0.2) is 0 Å². The van der Waals surface area contributed by atoms with Crippen molar-refractivity contribution in [3.05, 3.63) is 59.8 Å². The molecule has 3 rings (SSSR count). The van der Waals surface area contributed by atoms with Crippen LogP contribution in [0.4, 0.5) is 0 Å². The molecule has 0 amide bonds. The number of phenols is 1. The topological polar surface area (TPSA) is 86.2 Å². The first-order valence-corrected chi connectivity index (χ1v) is 6.18. The first-order valence-electron chi connectivity index (χ1n) is 6.18. The fraction of sp³-hybridized carbons (Fsp3) is 0. The van der Waals surface area contributed by atoms with Gasteiger partial charge in [0, 0.05) is 52.9 Å². The van der Waals surface area contributed by atoms with Crippen molar-refractivity contribution in [3.63, 3.8) is 0 Å². The van der Waals surface area contributed by atoms with Gasteiger partial charge in [-0.15, -0.1) is 0 Å². The van der Waals surface area contributed by atoms with Gasteiger partial charge in [0.1, 0.15) is 17.4 Å². The van der Waals surface area contributed by atoms with Crippen LogP contribution in [-0.4, -0.2) is 50.3 Å². The van der Waals surface area contributed by atoms with Gasteiger partial charge in [-0.3, -0.25) is 0 Å². The number of fused-ring (bicyclic) bond motifs is 1. The van der Waals surface area contributed by atoms with Crippen molar-refractivity contribution in [1.29, 1.82) is 5.26 Å². The van der Waals surface area contributed by atoms with Crippen molar-refractivity contribution < 1.29 is 15.0 Å². The molecule has 0 bridgehead atoms. The fourth-order valence-electron chi connectivity index (χ4n) is 2.33. The number of carboxylic acid groups (broad SMARTS) is 1. The van der Waals surface area contributed by atoms with Gasteiger partial charge < -0.3 is 14.8 Å². The molecule has 3 aromatic rings. The molecule has 0 aliphatic heterocycles.